The predicted molar refractivity (Wildman–Crippen MR) is 70.5 cm³/mol. The van der Waals surface area contributed by atoms with Crippen molar-refractivity contribution in [2.24, 2.45) is 0 Å². The summed E-state index contributed by atoms with van der Waals surface area (Å²) in [6.07, 6.45) is 1.79. The summed E-state index contributed by atoms with van der Waals surface area (Å²) in [5.41, 5.74) is 0. The van der Waals surface area contributed by atoms with Crippen LogP contribution in [-0.2, 0) is 4.79 Å². The fourth-order valence-electron chi connectivity index (χ4n) is 2.16. The Morgan fingerprint density at radius 2 is 2.10 bits per heavy atom. The maximum Gasteiger partial charge on any atom is 0.258 e. The van der Waals surface area contributed by atoms with Crippen molar-refractivity contribution < 1.29 is 18.3 Å². The monoisotopic (exact) mass is 284 g/mol. The summed E-state index contributed by atoms with van der Waals surface area (Å²) in [5, 5.41) is 2.85. The number of piperidine rings is 1. The minimum absolute atomic E-state index is 0.120. The van der Waals surface area contributed by atoms with E-state index in [1.54, 1.807) is 0 Å². The number of ether oxygens (including phenoxy) is 1. The van der Waals surface area contributed by atoms with Crippen LogP contribution in [0.2, 0.25) is 0 Å². The molecule has 1 aromatic carbocycles. The van der Waals surface area contributed by atoms with Crippen LogP contribution < -0.4 is 10.1 Å². The average Bonchev–Trinajstić information content (AvgIpc) is 2.40. The van der Waals surface area contributed by atoms with Crippen molar-refractivity contribution in [3.05, 3.63) is 29.8 Å². The molecular formula is C14H18F2N2O2. The van der Waals surface area contributed by atoms with E-state index in [1.165, 1.54) is 6.07 Å². The van der Waals surface area contributed by atoms with Gasteiger partial charge in [0, 0.05) is 12.1 Å². The third kappa shape index (κ3) is 4.16. The molecule has 0 atom stereocenters. The van der Waals surface area contributed by atoms with Gasteiger partial charge in [-0.25, -0.2) is 8.78 Å². The zero-order valence-electron chi connectivity index (χ0n) is 11.4. The molecular weight excluding hydrogens is 266 g/mol. The molecule has 0 aromatic heterocycles. The lowest BCUT2D eigenvalue weighted by Gasteiger charge is -2.29. The van der Waals surface area contributed by atoms with Gasteiger partial charge in [0.25, 0.3) is 5.91 Å². The van der Waals surface area contributed by atoms with E-state index in [4.69, 9.17) is 4.74 Å². The molecule has 110 valence electrons. The van der Waals surface area contributed by atoms with Gasteiger partial charge in [0.05, 0.1) is 0 Å². The number of carbonyl (C=O) groups excluding carboxylic acids is 1. The van der Waals surface area contributed by atoms with Crippen molar-refractivity contribution in [2.45, 2.75) is 18.9 Å². The molecule has 1 aliphatic heterocycles. The molecule has 1 heterocycles. The van der Waals surface area contributed by atoms with E-state index in [1.807, 2.05) is 7.05 Å². The van der Waals surface area contributed by atoms with Crippen LogP contribution in [0.1, 0.15) is 12.8 Å². The van der Waals surface area contributed by atoms with E-state index in [2.05, 4.69) is 10.2 Å². The van der Waals surface area contributed by atoms with E-state index < -0.39 is 11.6 Å². The topological polar surface area (TPSA) is 41.6 Å². The van der Waals surface area contributed by atoms with Gasteiger partial charge >= 0.3 is 0 Å². The molecule has 0 unspecified atom stereocenters. The molecule has 0 bridgehead atoms. The summed E-state index contributed by atoms with van der Waals surface area (Å²) in [7, 11) is 2.04. The molecule has 0 spiro atoms. The molecule has 0 aliphatic carbocycles. The lowest BCUT2D eigenvalue weighted by Crippen LogP contribution is -2.44. The standard InChI is InChI=1S/C14H18F2N2O2/c1-18-6-4-11(5-7-18)17-14(19)9-20-13-3-2-10(15)8-12(13)16/h2-3,8,11H,4-7,9H2,1H3,(H,17,19). The number of amides is 1. The first-order valence-corrected chi connectivity index (χ1v) is 6.60. The first-order chi connectivity index (χ1) is 9.54. The zero-order valence-corrected chi connectivity index (χ0v) is 11.4. The Balaban J connectivity index is 1.77. The number of halogens is 2. The summed E-state index contributed by atoms with van der Waals surface area (Å²) in [5.74, 6) is -1.89. The second kappa shape index (κ2) is 6.65. The molecule has 6 heteroatoms. The van der Waals surface area contributed by atoms with E-state index in [9.17, 15) is 13.6 Å². The molecule has 1 fully saturated rings. The zero-order chi connectivity index (χ0) is 14.5. The van der Waals surface area contributed by atoms with Gasteiger partial charge in [0.15, 0.2) is 18.2 Å². The van der Waals surface area contributed by atoms with E-state index >= 15 is 0 Å². The van der Waals surface area contributed by atoms with Crippen LogP contribution in [0.5, 0.6) is 5.75 Å². The molecule has 1 aromatic rings. The third-order valence-corrected chi connectivity index (χ3v) is 3.34. The third-order valence-electron chi connectivity index (χ3n) is 3.34. The normalized spacial score (nSPS) is 16.9. The van der Waals surface area contributed by atoms with Gasteiger partial charge in [0.2, 0.25) is 0 Å². The number of nitrogens with one attached hydrogen (secondary N) is 1. The number of carbonyl (C=O) groups is 1. The van der Waals surface area contributed by atoms with Crippen molar-refractivity contribution in [3.63, 3.8) is 0 Å². The van der Waals surface area contributed by atoms with Gasteiger partial charge in [-0.15, -0.1) is 0 Å². The van der Waals surface area contributed by atoms with E-state index in [0.717, 1.165) is 38.1 Å². The van der Waals surface area contributed by atoms with Crippen LogP contribution in [0.3, 0.4) is 0 Å². The quantitative estimate of drug-likeness (QED) is 0.912. The maximum atomic E-state index is 13.3. The lowest BCUT2D eigenvalue weighted by atomic mass is 10.1. The smallest absolute Gasteiger partial charge is 0.258 e. The van der Waals surface area contributed by atoms with Crippen LogP contribution >= 0.6 is 0 Å². The Hall–Kier alpha value is -1.69. The first kappa shape index (κ1) is 14.7. The van der Waals surface area contributed by atoms with Crippen LogP contribution in [-0.4, -0.2) is 43.6 Å². The Bertz CT molecular complexity index is 474. The molecule has 1 N–H and O–H groups in total. The maximum absolute atomic E-state index is 13.3. The van der Waals surface area contributed by atoms with Crippen LogP contribution in [0, 0.1) is 11.6 Å². The van der Waals surface area contributed by atoms with Crippen LogP contribution in [0.4, 0.5) is 8.78 Å². The van der Waals surface area contributed by atoms with Gasteiger partial charge in [-0.3, -0.25) is 4.79 Å². The molecule has 20 heavy (non-hydrogen) atoms. The van der Waals surface area contributed by atoms with Crippen LogP contribution in [0.15, 0.2) is 18.2 Å². The fourth-order valence-corrected chi connectivity index (χ4v) is 2.16. The molecule has 0 saturated carbocycles. The summed E-state index contributed by atoms with van der Waals surface area (Å²) in [6, 6.07) is 3.13. The van der Waals surface area contributed by atoms with Crippen molar-refractivity contribution in [1.29, 1.82) is 0 Å². The molecule has 1 saturated heterocycles. The average molecular weight is 284 g/mol. The summed E-state index contributed by atoms with van der Waals surface area (Å²) in [6.45, 7) is 1.62. The molecule has 1 aliphatic rings. The van der Waals surface area contributed by atoms with Crippen molar-refractivity contribution in [2.75, 3.05) is 26.7 Å². The first-order valence-electron chi connectivity index (χ1n) is 6.60. The number of hydrogen-bond donors (Lipinski definition) is 1. The molecule has 2 rings (SSSR count). The summed E-state index contributed by atoms with van der Waals surface area (Å²) >= 11 is 0. The van der Waals surface area contributed by atoms with Crippen LogP contribution in [0.25, 0.3) is 0 Å². The minimum Gasteiger partial charge on any atom is -0.481 e. The number of rotatable bonds is 4. The highest BCUT2D eigenvalue weighted by atomic mass is 19.1. The second-order valence-corrected chi connectivity index (χ2v) is 5.01. The lowest BCUT2D eigenvalue weighted by molar-refractivity contribution is -0.124. The molecule has 0 radical (unpaired) electrons. The molecule has 1 amide bonds. The SMILES string of the molecule is CN1CCC(NC(=O)COc2ccc(F)cc2F)CC1. The van der Waals surface area contributed by atoms with Gasteiger partial charge in [-0.1, -0.05) is 0 Å². The largest absolute Gasteiger partial charge is 0.481 e. The second-order valence-electron chi connectivity index (χ2n) is 5.01. The van der Waals surface area contributed by atoms with Crippen molar-refractivity contribution in [1.82, 2.24) is 10.2 Å². The summed E-state index contributed by atoms with van der Waals surface area (Å²) < 4.78 is 31.1. The number of likely N-dealkylation sites (tertiary alicyclic amines) is 1. The number of hydrogen-bond acceptors (Lipinski definition) is 3. The predicted octanol–water partition coefficient (Wildman–Crippen LogP) is 1.55. The minimum atomic E-state index is -0.808. The van der Waals surface area contributed by atoms with Crippen molar-refractivity contribution in [3.8, 4) is 5.75 Å². The molecule has 4 nitrogen and oxygen atoms in total. The van der Waals surface area contributed by atoms with Crippen molar-refractivity contribution >= 4 is 5.91 Å². The van der Waals surface area contributed by atoms with E-state index in [0.29, 0.717) is 0 Å². The Morgan fingerprint density at radius 3 is 2.75 bits per heavy atom. The van der Waals surface area contributed by atoms with Gasteiger partial charge in [0.1, 0.15) is 5.82 Å². The Kier molecular flexibility index (Phi) is 4.89. The number of nitrogens with zero attached hydrogens (tertiary/aromatic N) is 1. The van der Waals surface area contributed by atoms with Gasteiger partial charge < -0.3 is 15.0 Å². The van der Waals surface area contributed by atoms with Gasteiger partial charge in [-0.05, 0) is 45.1 Å². The Morgan fingerprint density at radius 1 is 1.40 bits per heavy atom. The highest BCUT2D eigenvalue weighted by Gasteiger charge is 2.18. The fraction of sp³-hybridized carbons (Fsp3) is 0.500. The summed E-state index contributed by atoms with van der Waals surface area (Å²) in [4.78, 5) is 13.9. The van der Waals surface area contributed by atoms with Gasteiger partial charge in [-0.2, -0.15) is 0 Å². The number of benzene rings is 1. The highest BCUT2D eigenvalue weighted by molar-refractivity contribution is 5.77. The van der Waals surface area contributed by atoms with E-state index in [-0.39, 0.29) is 24.3 Å². The highest BCUT2D eigenvalue weighted by Crippen LogP contribution is 2.17. The Labute approximate surface area is 116 Å².